The number of aliphatic hydroxyl groups is 5. The van der Waals surface area contributed by atoms with Crippen LogP contribution in [0.1, 0.15) is 13.8 Å². The highest BCUT2D eigenvalue weighted by Gasteiger charge is 2.59. The van der Waals surface area contributed by atoms with E-state index in [0.717, 1.165) is 13.8 Å². The molecule has 0 spiro atoms. The molecule has 7 nitrogen and oxygen atoms in total. The lowest BCUT2D eigenvalue weighted by molar-refractivity contribution is -0.205. The molecule has 4 atom stereocenters. The molecule has 0 saturated carbocycles. The summed E-state index contributed by atoms with van der Waals surface area (Å²) in [5.74, 6) is -2.38. The minimum Gasteiger partial charge on any atom is -0.509 e. The van der Waals surface area contributed by atoms with Gasteiger partial charge >= 0.3 is 5.97 Å². The van der Waals surface area contributed by atoms with E-state index in [1.807, 2.05) is 0 Å². The normalized spacial score (nSPS) is 35.4. The summed E-state index contributed by atoms with van der Waals surface area (Å²) in [6.45, 7) is 2.19. The van der Waals surface area contributed by atoms with Gasteiger partial charge < -0.3 is 30.6 Å². The zero-order valence-electron chi connectivity index (χ0n) is 9.90. The molecule has 0 aromatic carbocycles. The van der Waals surface area contributed by atoms with Crippen molar-refractivity contribution in [2.24, 2.45) is 0 Å². The lowest BCUT2D eigenvalue weighted by atomic mass is 9.70. The summed E-state index contributed by atoms with van der Waals surface area (Å²) < 4.78 is 0. The molecule has 0 saturated heterocycles. The van der Waals surface area contributed by atoms with E-state index < -0.39 is 40.7 Å². The van der Waals surface area contributed by atoms with Crippen molar-refractivity contribution in [2.75, 3.05) is 0 Å². The molecule has 1 rings (SSSR count). The van der Waals surface area contributed by atoms with Crippen molar-refractivity contribution in [1.29, 1.82) is 0 Å². The van der Waals surface area contributed by atoms with Gasteiger partial charge in [0.05, 0.1) is 17.8 Å². The largest absolute Gasteiger partial charge is 0.509 e. The van der Waals surface area contributed by atoms with E-state index in [4.69, 9.17) is 5.11 Å². The van der Waals surface area contributed by atoms with Crippen molar-refractivity contribution < 1.29 is 35.4 Å². The van der Waals surface area contributed by atoms with Crippen molar-refractivity contribution in [3.63, 3.8) is 0 Å². The highest BCUT2D eigenvalue weighted by Crippen LogP contribution is 2.40. The monoisotopic (exact) mass is 260 g/mol. The van der Waals surface area contributed by atoms with Gasteiger partial charge in [-0.1, -0.05) is 0 Å². The lowest BCUT2D eigenvalue weighted by Gasteiger charge is -2.46. The number of aliphatic hydroxyl groups excluding tert-OH is 3. The molecule has 18 heavy (non-hydrogen) atoms. The number of hydrogen-bond donors (Lipinski definition) is 6. The van der Waals surface area contributed by atoms with Crippen molar-refractivity contribution in [3.8, 4) is 0 Å². The fourth-order valence-corrected chi connectivity index (χ4v) is 1.96. The second kappa shape index (κ2) is 4.36. The highest BCUT2D eigenvalue weighted by molar-refractivity contribution is 5.91. The summed E-state index contributed by atoms with van der Waals surface area (Å²) in [6.07, 6.45) is -1.85. The summed E-state index contributed by atoms with van der Waals surface area (Å²) in [5, 5.41) is 58.0. The number of hydrogen-bond acceptors (Lipinski definition) is 6. The Kier molecular flexibility index (Phi) is 3.55. The molecule has 102 valence electrons. The minimum absolute atomic E-state index is 0.499. The number of carboxylic acid groups (broad SMARTS) is 1. The molecule has 1 aliphatic rings. The molecule has 0 aromatic rings. The zero-order valence-corrected chi connectivity index (χ0v) is 9.90. The first kappa shape index (κ1) is 14.7. The Balaban J connectivity index is 3.49. The van der Waals surface area contributed by atoms with Gasteiger partial charge in [0.1, 0.15) is 11.4 Å². The Morgan fingerprint density at radius 2 is 1.72 bits per heavy atom. The van der Waals surface area contributed by atoms with Crippen LogP contribution in [0.2, 0.25) is 0 Å². The lowest BCUT2D eigenvalue weighted by Crippen LogP contribution is -2.66. The Morgan fingerprint density at radius 1 is 1.22 bits per heavy atom. The summed E-state index contributed by atoms with van der Waals surface area (Å²) in [4.78, 5) is 10.8. The summed E-state index contributed by atoms with van der Waals surface area (Å²) in [7, 11) is 0. The third-order valence-corrected chi connectivity index (χ3v) is 3.16. The second-order valence-electron chi connectivity index (χ2n) is 4.38. The number of aliphatic carboxylic acids is 1. The quantitative estimate of drug-likeness (QED) is 0.370. The van der Waals surface area contributed by atoms with Crippen LogP contribution in [0.15, 0.2) is 23.5 Å². The standard InChI is InChI=1S/C11H16O7/c1-5(12)10(17)4-7(9(15)16)3-8(14)11(10,18)6(2)13/h3-6,12-14,17-18H,1-2H3,(H,15,16). The highest BCUT2D eigenvalue weighted by atomic mass is 16.4. The molecule has 0 bridgehead atoms. The molecular formula is C11H16O7. The SMILES string of the molecule is CC(O)C1(O)C=C(C(=O)O)C=C(O)C1(O)C(C)O. The van der Waals surface area contributed by atoms with Gasteiger partial charge in [-0.05, 0) is 26.0 Å². The van der Waals surface area contributed by atoms with Crippen LogP contribution in [0.25, 0.3) is 0 Å². The molecule has 0 heterocycles. The smallest absolute Gasteiger partial charge is 0.335 e. The van der Waals surface area contributed by atoms with Gasteiger partial charge in [0.15, 0.2) is 5.60 Å². The van der Waals surface area contributed by atoms with Gasteiger partial charge in [0.25, 0.3) is 0 Å². The van der Waals surface area contributed by atoms with Gasteiger partial charge in [-0.2, -0.15) is 0 Å². The van der Waals surface area contributed by atoms with E-state index in [0.29, 0.717) is 12.2 Å². The third-order valence-electron chi connectivity index (χ3n) is 3.16. The maximum absolute atomic E-state index is 10.8. The first-order valence-corrected chi connectivity index (χ1v) is 5.25. The van der Waals surface area contributed by atoms with Crippen LogP contribution in [0.5, 0.6) is 0 Å². The van der Waals surface area contributed by atoms with Crippen LogP contribution < -0.4 is 0 Å². The van der Waals surface area contributed by atoms with E-state index in [2.05, 4.69) is 0 Å². The molecule has 4 unspecified atom stereocenters. The van der Waals surface area contributed by atoms with E-state index in [-0.39, 0.29) is 0 Å². The molecule has 0 radical (unpaired) electrons. The summed E-state index contributed by atoms with van der Waals surface area (Å²) in [6, 6.07) is 0. The average molecular weight is 260 g/mol. The molecule has 0 aromatic heterocycles. The predicted molar refractivity (Wildman–Crippen MR) is 59.7 cm³/mol. The van der Waals surface area contributed by atoms with Gasteiger partial charge in [-0.15, -0.1) is 0 Å². The zero-order chi connectivity index (χ0) is 14.3. The molecular weight excluding hydrogens is 244 g/mol. The van der Waals surface area contributed by atoms with Crippen molar-refractivity contribution >= 4 is 5.97 Å². The topological polar surface area (TPSA) is 138 Å². The molecule has 0 aliphatic heterocycles. The molecule has 0 amide bonds. The average Bonchev–Trinajstić information content (AvgIpc) is 2.24. The van der Waals surface area contributed by atoms with Crippen LogP contribution in [-0.4, -0.2) is 60.0 Å². The van der Waals surface area contributed by atoms with Gasteiger partial charge in [0.2, 0.25) is 0 Å². The fraction of sp³-hybridized carbons (Fsp3) is 0.545. The van der Waals surface area contributed by atoms with Gasteiger partial charge in [-0.3, -0.25) is 0 Å². The van der Waals surface area contributed by atoms with Crippen LogP contribution in [0.4, 0.5) is 0 Å². The Bertz CT molecular complexity index is 423. The van der Waals surface area contributed by atoms with Crippen LogP contribution >= 0.6 is 0 Å². The van der Waals surface area contributed by atoms with Crippen LogP contribution in [0.3, 0.4) is 0 Å². The molecule has 1 aliphatic carbocycles. The van der Waals surface area contributed by atoms with Crippen molar-refractivity contribution in [2.45, 2.75) is 37.3 Å². The number of carbonyl (C=O) groups is 1. The Hall–Kier alpha value is -1.41. The maximum atomic E-state index is 10.8. The first-order valence-electron chi connectivity index (χ1n) is 5.25. The molecule has 6 N–H and O–H groups in total. The summed E-state index contributed by atoms with van der Waals surface area (Å²) >= 11 is 0. The van der Waals surface area contributed by atoms with E-state index in [1.54, 1.807) is 0 Å². The predicted octanol–water partition coefficient (Wildman–Crippen LogP) is -1.32. The first-order chi connectivity index (χ1) is 8.07. The second-order valence-corrected chi connectivity index (χ2v) is 4.38. The van der Waals surface area contributed by atoms with Crippen molar-refractivity contribution in [1.82, 2.24) is 0 Å². The van der Waals surface area contributed by atoms with E-state index in [9.17, 15) is 30.3 Å². The Morgan fingerprint density at radius 3 is 2.06 bits per heavy atom. The molecule has 0 fully saturated rings. The fourth-order valence-electron chi connectivity index (χ4n) is 1.96. The maximum Gasteiger partial charge on any atom is 0.335 e. The summed E-state index contributed by atoms with van der Waals surface area (Å²) in [5.41, 5.74) is -5.60. The number of rotatable bonds is 3. The van der Waals surface area contributed by atoms with Gasteiger partial charge in [0, 0.05) is 0 Å². The number of carboxylic acids is 1. The van der Waals surface area contributed by atoms with Gasteiger partial charge in [-0.25, -0.2) is 4.79 Å². The van der Waals surface area contributed by atoms with Crippen LogP contribution in [-0.2, 0) is 4.79 Å². The minimum atomic E-state index is -2.58. The Labute approximate surface area is 103 Å². The van der Waals surface area contributed by atoms with E-state index in [1.165, 1.54) is 0 Å². The van der Waals surface area contributed by atoms with Crippen molar-refractivity contribution in [3.05, 3.63) is 23.5 Å². The third kappa shape index (κ3) is 1.81. The van der Waals surface area contributed by atoms with E-state index >= 15 is 0 Å². The molecule has 7 heteroatoms. The van der Waals surface area contributed by atoms with Crippen LogP contribution in [0, 0.1) is 0 Å².